The molecule has 1 N–H and O–H groups in total. The van der Waals surface area contributed by atoms with E-state index in [1.54, 1.807) is 14.2 Å². The van der Waals surface area contributed by atoms with Gasteiger partial charge in [0, 0.05) is 11.8 Å². The molecule has 116 valence electrons. The van der Waals surface area contributed by atoms with Crippen molar-refractivity contribution in [3.63, 3.8) is 0 Å². The highest BCUT2D eigenvalue weighted by atomic mass is 16.5. The summed E-state index contributed by atoms with van der Waals surface area (Å²) >= 11 is 0. The number of aromatic amines is 1. The van der Waals surface area contributed by atoms with Gasteiger partial charge in [-0.3, -0.25) is 9.89 Å². The Morgan fingerprint density at radius 3 is 2.36 bits per heavy atom. The maximum atomic E-state index is 12.5. The predicted octanol–water partition coefficient (Wildman–Crippen LogP) is 3.35. The molecule has 22 heavy (non-hydrogen) atoms. The Bertz CT molecular complexity index is 709. The maximum absolute atomic E-state index is 12.5. The summed E-state index contributed by atoms with van der Waals surface area (Å²) in [7, 11) is 3.20. The molecule has 0 saturated heterocycles. The number of H-pyrrole nitrogens is 1. The molecule has 0 aliphatic heterocycles. The van der Waals surface area contributed by atoms with Gasteiger partial charge in [-0.1, -0.05) is 19.9 Å². The molecule has 5 nitrogen and oxygen atoms in total. The SMILES string of the molecule is COc1cccc(OC)c1-c1n[nH]c2c1C(=O)CCC2(C)C. The van der Waals surface area contributed by atoms with Gasteiger partial charge in [-0.15, -0.1) is 0 Å². The van der Waals surface area contributed by atoms with Gasteiger partial charge in [0.2, 0.25) is 0 Å². The van der Waals surface area contributed by atoms with Crippen molar-refractivity contribution in [3.8, 4) is 22.8 Å². The fourth-order valence-corrected chi connectivity index (χ4v) is 3.04. The lowest BCUT2D eigenvalue weighted by Crippen LogP contribution is -2.27. The molecule has 1 aromatic carbocycles. The molecule has 0 amide bonds. The molecule has 0 saturated carbocycles. The molecule has 0 atom stereocenters. The van der Waals surface area contributed by atoms with Gasteiger partial charge >= 0.3 is 0 Å². The summed E-state index contributed by atoms with van der Waals surface area (Å²) in [6.07, 6.45) is 1.35. The molecule has 1 aliphatic rings. The second-order valence-electron chi connectivity index (χ2n) is 6.17. The van der Waals surface area contributed by atoms with E-state index in [2.05, 4.69) is 24.0 Å². The number of nitrogens with zero attached hydrogens (tertiary/aromatic N) is 1. The van der Waals surface area contributed by atoms with Gasteiger partial charge in [-0.2, -0.15) is 5.10 Å². The lowest BCUT2D eigenvalue weighted by molar-refractivity contribution is 0.0957. The molecular formula is C17H20N2O3. The molecule has 0 bridgehead atoms. The highest BCUT2D eigenvalue weighted by Crippen LogP contribution is 2.44. The third-order valence-corrected chi connectivity index (χ3v) is 4.36. The van der Waals surface area contributed by atoms with Crippen LogP contribution in [0.15, 0.2) is 18.2 Å². The number of ketones is 1. The average Bonchev–Trinajstić information content (AvgIpc) is 2.96. The minimum absolute atomic E-state index is 0.0935. The number of ether oxygens (including phenoxy) is 2. The van der Waals surface area contributed by atoms with Crippen molar-refractivity contribution in [2.24, 2.45) is 0 Å². The largest absolute Gasteiger partial charge is 0.496 e. The van der Waals surface area contributed by atoms with E-state index < -0.39 is 0 Å². The third-order valence-electron chi connectivity index (χ3n) is 4.36. The second-order valence-corrected chi connectivity index (χ2v) is 6.17. The summed E-state index contributed by atoms with van der Waals surface area (Å²) in [5.41, 5.74) is 2.80. The van der Waals surface area contributed by atoms with Crippen LogP contribution in [0.2, 0.25) is 0 Å². The fourth-order valence-electron chi connectivity index (χ4n) is 3.04. The Morgan fingerprint density at radius 1 is 1.14 bits per heavy atom. The second kappa shape index (κ2) is 5.16. The summed E-state index contributed by atoms with van der Waals surface area (Å²) in [5.74, 6) is 1.40. The molecular weight excluding hydrogens is 280 g/mol. The number of carbonyl (C=O) groups excluding carboxylic acids is 1. The molecule has 3 rings (SSSR count). The van der Waals surface area contributed by atoms with Crippen LogP contribution in [-0.2, 0) is 5.41 Å². The molecule has 1 aliphatic carbocycles. The van der Waals surface area contributed by atoms with Crippen LogP contribution in [0.3, 0.4) is 0 Å². The zero-order chi connectivity index (χ0) is 15.9. The van der Waals surface area contributed by atoms with Crippen LogP contribution in [0, 0.1) is 0 Å². The van der Waals surface area contributed by atoms with Crippen LogP contribution in [0.25, 0.3) is 11.3 Å². The summed E-state index contributed by atoms with van der Waals surface area (Å²) in [5, 5.41) is 7.49. The van der Waals surface area contributed by atoms with Gasteiger partial charge in [0.05, 0.1) is 31.0 Å². The Kier molecular flexibility index (Phi) is 3.43. The smallest absolute Gasteiger partial charge is 0.167 e. The fraction of sp³-hybridized carbons (Fsp3) is 0.412. The number of Topliss-reactive ketones (excluding diaryl/α,β-unsaturated/α-hetero) is 1. The normalized spacial score (nSPS) is 16.3. The van der Waals surface area contributed by atoms with E-state index in [0.29, 0.717) is 29.2 Å². The van der Waals surface area contributed by atoms with Crippen LogP contribution in [0.1, 0.15) is 42.7 Å². The van der Waals surface area contributed by atoms with Crippen molar-refractivity contribution in [3.05, 3.63) is 29.5 Å². The molecule has 0 radical (unpaired) electrons. The first-order valence-corrected chi connectivity index (χ1v) is 7.33. The van der Waals surface area contributed by atoms with Gasteiger partial charge in [-0.25, -0.2) is 0 Å². The van der Waals surface area contributed by atoms with Crippen LogP contribution in [-0.4, -0.2) is 30.2 Å². The van der Waals surface area contributed by atoms with Gasteiger partial charge in [0.15, 0.2) is 5.78 Å². The molecule has 2 aromatic rings. The van der Waals surface area contributed by atoms with Crippen molar-refractivity contribution in [1.29, 1.82) is 0 Å². The Balaban J connectivity index is 2.28. The van der Waals surface area contributed by atoms with Crippen molar-refractivity contribution in [1.82, 2.24) is 10.2 Å². The van der Waals surface area contributed by atoms with Crippen molar-refractivity contribution < 1.29 is 14.3 Å². The lowest BCUT2D eigenvalue weighted by atomic mass is 9.75. The summed E-state index contributed by atoms with van der Waals surface area (Å²) in [4.78, 5) is 12.5. The minimum Gasteiger partial charge on any atom is -0.496 e. The highest BCUT2D eigenvalue weighted by molar-refractivity contribution is 6.05. The van der Waals surface area contributed by atoms with E-state index in [-0.39, 0.29) is 11.2 Å². The van der Waals surface area contributed by atoms with Crippen LogP contribution < -0.4 is 9.47 Å². The lowest BCUT2D eigenvalue weighted by Gasteiger charge is -2.28. The van der Waals surface area contributed by atoms with Gasteiger partial charge in [-0.05, 0) is 18.6 Å². The average molecular weight is 300 g/mol. The number of benzene rings is 1. The zero-order valence-corrected chi connectivity index (χ0v) is 13.3. The number of methoxy groups -OCH3 is 2. The van der Waals surface area contributed by atoms with Gasteiger partial charge in [0.1, 0.15) is 17.2 Å². The molecule has 0 fully saturated rings. The number of fused-ring (bicyclic) bond motifs is 1. The monoisotopic (exact) mass is 300 g/mol. The number of carbonyl (C=O) groups is 1. The van der Waals surface area contributed by atoms with Crippen molar-refractivity contribution >= 4 is 5.78 Å². The number of hydrogen-bond acceptors (Lipinski definition) is 4. The first-order valence-electron chi connectivity index (χ1n) is 7.33. The Morgan fingerprint density at radius 2 is 1.77 bits per heavy atom. The van der Waals surface area contributed by atoms with Crippen molar-refractivity contribution in [2.45, 2.75) is 32.1 Å². The standard InChI is InChI=1S/C17H20N2O3/c1-17(2)9-8-10(20)13-15(18-19-16(13)17)14-11(21-3)6-5-7-12(14)22-4/h5-7H,8-9H2,1-4H3,(H,18,19). The summed E-state index contributed by atoms with van der Waals surface area (Å²) < 4.78 is 10.9. The first kappa shape index (κ1) is 14.6. The minimum atomic E-state index is -0.0935. The van der Waals surface area contributed by atoms with Crippen LogP contribution in [0.4, 0.5) is 0 Å². The van der Waals surface area contributed by atoms with Crippen LogP contribution in [0.5, 0.6) is 11.5 Å². The summed E-state index contributed by atoms with van der Waals surface area (Å²) in [6, 6.07) is 5.54. The quantitative estimate of drug-likeness (QED) is 0.944. The number of aromatic nitrogens is 2. The van der Waals surface area contributed by atoms with E-state index in [1.807, 2.05) is 18.2 Å². The molecule has 1 aromatic heterocycles. The molecule has 5 heteroatoms. The third kappa shape index (κ3) is 2.08. The highest BCUT2D eigenvalue weighted by Gasteiger charge is 2.37. The van der Waals surface area contributed by atoms with Gasteiger partial charge in [0.25, 0.3) is 0 Å². The first-order chi connectivity index (χ1) is 10.5. The molecule has 0 unspecified atom stereocenters. The van der Waals surface area contributed by atoms with E-state index in [4.69, 9.17) is 9.47 Å². The topological polar surface area (TPSA) is 64.2 Å². The predicted molar refractivity (Wildman–Crippen MR) is 83.7 cm³/mol. The Labute approximate surface area is 129 Å². The maximum Gasteiger partial charge on any atom is 0.167 e. The van der Waals surface area contributed by atoms with E-state index >= 15 is 0 Å². The number of hydrogen-bond donors (Lipinski definition) is 1. The van der Waals surface area contributed by atoms with Crippen molar-refractivity contribution in [2.75, 3.05) is 14.2 Å². The number of rotatable bonds is 3. The molecule has 0 spiro atoms. The van der Waals surface area contributed by atoms with Crippen LogP contribution >= 0.6 is 0 Å². The molecule has 1 heterocycles. The zero-order valence-electron chi connectivity index (χ0n) is 13.3. The van der Waals surface area contributed by atoms with E-state index in [9.17, 15) is 4.79 Å². The van der Waals surface area contributed by atoms with E-state index in [0.717, 1.165) is 17.7 Å². The summed E-state index contributed by atoms with van der Waals surface area (Å²) in [6.45, 7) is 4.25. The van der Waals surface area contributed by atoms with E-state index in [1.165, 1.54) is 0 Å². The number of nitrogens with one attached hydrogen (secondary N) is 1. The van der Waals surface area contributed by atoms with Gasteiger partial charge < -0.3 is 9.47 Å². The Hall–Kier alpha value is -2.30.